The monoisotopic (exact) mass is 263 g/mol. The molecule has 0 saturated carbocycles. The molecule has 0 fully saturated rings. The van der Waals surface area contributed by atoms with Gasteiger partial charge in [-0.05, 0) is 55.4 Å². The zero-order valence-corrected chi connectivity index (χ0v) is 11.9. The highest BCUT2D eigenvalue weighted by Gasteiger charge is 2.26. The quantitative estimate of drug-likeness (QED) is 0.765. The van der Waals surface area contributed by atoms with Gasteiger partial charge < -0.3 is 15.5 Å². The molecule has 1 atom stereocenters. The fourth-order valence-electron chi connectivity index (χ4n) is 2.83. The van der Waals surface area contributed by atoms with Gasteiger partial charge in [-0.3, -0.25) is 0 Å². The molecule has 0 aliphatic heterocycles. The summed E-state index contributed by atoms with van der Waals surface area (Å²) in [6, 6.07) is 5.94. The number of nitrogens with one attached hydrogen (secondary N) is 1. The maximum atomic E-state index is 10.3. The van der Waals surface area contributed by atoms with E-state index in [9.17, 15) is 10.2 Å². The maximum Gasteiger partial charge on any atom is 0.115 e. The van der Waals surface area contributed by atoms with Crippen LogP contribution >= 0.6 is 0 Å². The van der Waals surface area contributed by atoms with Crippen LogP contribution in [0, 0.1) is 0 Å². The van der Waals surface area contributed by atoms with Crippen molar-refractivity contribution < 1.29 is 10.2 Å². The van der Waals surface area contributed by atoms with Crippen LogP contribution in [0.25, 0.3) is 0 Å². The second-order valence-electron chi connectivity index (χ2n) is 5.64. The molecule has 19 heavy (non-hydrogen) atoms. The first kappa shape index (κ1) is 14.4. The molecule has 0 amide bonds. The average Bonchev–Trinajstić information content (AvgIpc) is 2.44. The van der Waals surface area contributed by atoms with Crippen molar-refractivity contribution in [1.82, 2.24) is 5.32 Å². The zero-order chi connectivity index (χ0) is 13.9. The van der Waals surface area contributed by atoms with Gasteiger partial charge in [-0.1, -0.05) is 19.9 Å². The molecule has 1 aromatic carbocycles. The lowest BCUT2D eigenvalue weighted by Gasteiger charge is -2.32. The minimum atomic E-state index is -0.603. The second kappa shape index (κ2) is 5.93. The van der Waals surface area contributed by atoms with E-state index in [1.54, 1.807) is 6.07 Å². The minimum absolute atomic E-state index is 0.300. The number of aryl methyl sites for hydroxylation is 1. The molecule has 0 bridgehead atoms. The molecule has 0 radical (unpaired) electrons. The Hall–Kier alpha value is -1.06. The van der Waals surface area contributed by atoms with Gasteiger partial charge in [0.2, 0.25) is 0 Å². The van der Waals surface area contributed by atoms with Crippen molar-refractivity contribution in [2.45, 2.75) is 57.6 Å². The molecule has 0 saturated heterocycles. The molecule has 0 heterocycles. The van der Waals surface area contributed by atoms with Crippen molar-refractivity contribution >= 4 is 0 Å². The molecule has 3 heteroatoms. The third kappa shape index (κ3) is 3.28. The van der Waals surface area contributed by atoms with Crippen molar-refractivity contribution in [3.63, 3.8) is 0 Å². The highest BCUT2D eigenvalue weighted by Crippen LogP contribution is 2.32. The van der Waals surface area contributed by atoms with Crippen LogP contribution in [0.3, 0.4) is 0 Å². The minimum Gasteiger partial charge on any atom is -0.508 e. The van der Waals surface area contributed by atoms with E-state index in [0.29, 0.717) is 18.3 Å². The Balaban J connectivity index is 2.08. The van der Waals surface area contributed by atoms with Crippen molar-refractivity contribution in [3.05, 3.63) is 29.3 Å². The number of hydrogen-bond acceptors (Lipinski definition) is 3. The van der Waals surface area contributed by atoms with Crippen molar-refractivity contribution in [3.8, 4) is 5.75 Å². The van der Waals surface area contributed by atoms with Crippen molar-refractivity contribution in [1.29, 1.82) is 0 Å². The molecule has 1 aromatic rings. The standard InChI is InChI=1S/C16H25NO2/c1-3-16(19,4-2)11-17-15-7-5-6-12-10-13(18)8-9-14(12)15/h8-10,15,17-19H,3-7,11H2,1-2H3. The summed E-state index contributed by atoms with van der Waals surface area (Å²) < 4.78 is 0. The van der Waals surface area contributed by atoms with E-state index in [4.69, 9.17) is 0 Å². The number of phenols is 1. The number of aromatic hydroxyl groups is 1. The van der Waals surface area contributed by atoms with Gasteiger partial charge in [-0.25, -0.2) is 0 Å². The number of hydrogen-bond donors (Lipinski definition) is 3. The Morgan fingerprint density at radius 1 is 1.32 bits per heavy atom. The van der Waals surface area contributed by atoms with Crippen molar-refractivity contribution in [2.24, 2.45) is 0 Å². The maximum absolute atomic E-state index is 10.3. The lowest BCUT2D eigenvalue weighted by atomic mass is 9.86. The Morgan fingerprint density at radius 3 is 2.74 bits per heavy atom. The highest BCUT2D eigenvalue weighted by atomic mass is 16.3. The smallest absolute Gasteiger partial charge is 0.115 e. The summed E-state index contributed by atoms with van der Waals surface area (Å²) >= 11 is 0. The number of phenolic OH excluding ortho intramolecular Hbond substituents is 1. The molecule has 0 aromatic heterocycles. The Kier molecular flexibility index (Phi) is 4.48. The molecular formula is C16H25NO2. The molecule has 2 rings (SSSR count). The van der Waals surface area contributed by atoms with Gasteiger partial charge in [0.1, 0.15) is 5.75 Å². The van der Waals surface area contributed by atoms with Crippen LogP contribution in [0.2, 0.25) is 0 Å². The van der Waals surface area contributed by atoms with E-state index in [-0.39, 0.29) is 0 Å². The lowest BCUT2D eigenvalue weighted by molar-refractivity contribution is 0.0292. The largest absolute Gasteiger partial charge is 0.508 e. The number of fused-ring (bicyclic) bond motifs is 1. The van der Waals surface area contributed by atoms with Crippen LogP contribution in [0.4, 0.5) is 0 Å². The molecule has 106 valence electrons. The van der Waals surface area contributed by atoms with E-state index in [1.165, 1.54) is 11.1 Å². The topological polar surface area (TPSA) is 52.5 Å². The van der Waals surface area contributed by atoms with Gasteiger partial charge in [0, 0.05) is 12.6 Å². The van der Waals surface area contributed by atoms with E-state index >= 15 is 0 Å². The molecule has 1 aliphatic carbocycles. The van der Waals surface area contributed by atoms with Gasteiger partial charge in [0.25, 0.3) is 0 Å². The molecule has 3 nitrogen and oxygen atoms in total. The number of rotatable bonds is 5. The summed E-state index contributed by atoms with van der Waals surface area (Å²) in [5.74, 6) is 0.345. The summed E-state index contributed by atoms with van der Waals surface area (Å²) in [7, 11) is 0. The Morgan fingerprint density at radius 2 is 2.05 bits per heavy atom. The lowest BCUT2D eigenvalue weighted by Crippen LogP contribution is -2.41. The predicted molar refractivity (Wildman–Crippen MR) is 77.3 cm³/mol. The SMILES string of the molecule is CCC(O)(CC)CNC1CCCc2cc(O)ccc21. The molecular weight excluding hydrogens is 238 g/mol. The predicted octanol–water partition coefficient (Wildman–Crippen LogP) is 2.91. The van der Waals surface area contributed by atoms with Crippen LogP contribution in [-0.2, 0) is 6.42 Å². The Labute approximate surface area is 115 Å². The van der Waals surface area contributed by atoms with Gasteiger partial charge in [-0.15, -0.1) is 0 Å². The third-order valence-electron chi connectivity index (χ3n) is 4.43. The van der Waals surface area contributed by atoms with Gasteiger partial charge in [0.15, 0.2) is 0 Å². The van der Waals surface area contributed by atoms with Crippen LogP contribution in [-0.4, -0.2) is 22.4 Å². The van der Waals surface area contributed by atoms with Crippen molar-refractivity contribution in [2.75, 3.05) is 6.54 Å². The zero-order valence-electron chi connectivity index (χ0n) is 11.9. The molecule has 1 aliphatic rings. The summed E-state index contributed by atoms with van der Waals surface area (Å²) in [5.41, 5.74) is 1.91. The number of benzene rings is 1. The van der Waals surface area contributed by atoms with Crippen LogP contribution in [0.5, 0.6) is 5.75 Å². The van der Waals surface area contributed by atoms with Crippen LogP contribution < -0.4 is 5.32 Å². The molecule has 1 unspecified atom stereocenters. The fraction of sp³-hybridized carbons (Fsp3) is 0.625. The molecule has 0 spiro atoms. The van der Waals surface area contributed by atoms with Gasteiger partial charge in [-0.2, -0.15) is 0 Å². The Bertz CT molecular complexity index is 427. The van der Waals surface area contributed by atoms with Crippen LogP contribution in [0.1, 0.15) is 56.7 Å². The van der Waals surface area contributed by atoms with Gasteiger partial charge >= 0.3 is 0 Å². The number of aliphatic hydroxyl groups is 1. The summed E-state index contributed by atoms with van der Waals surface area (Å²) in [6.45, 7) is 4.68. The summed E-state index contributed by atoms with van der Waals surface area (Å²) in [6.07, 6.45) is 4.80. The van der Waals surface area contributed by atoms with E-state index in [0.717, 1.165) is 32.1 Å². The second-order valence-corrected chi connectivity index (χ2v) is 5.64. The first-order valence-corrected chi connectivity index (χ1v) is 7.35. The molecule has 3 N–H and O–H groups in total. The third-order valence-corrected chi connectivity index (χ3v) is 4.43. The first-order valence-electron chi connectivity index (χ1n) is 7.35. The fourth-order valence-corrected chi connectivity index (χ4v) is 2.83. The first-order chi connectivity index (χ1) is 9.08. The van der Waals surface area contributed by atoms with Gasteiger partial charge in [0.05, 0.1) is 5.60 Å². The summed E-state index contributed by atoms with van der Waals surface area (Å²) in [5, 5.41) is 23.4. The average molecular weight is 263 g/mol. The van der Waals surface area contributed by atoms with E-state index in [2.05, 4.69) is 5.32 Å². The summed E-state index contributed by atoms with van der Waals surface area (Å²) in [4.78, 5) is 0. The van der Waals surface area contributed by atoms with Crippen LogP contribution in [0.15, 0.2) is 18.2 Å². The highest BCUT2D eigenvalue weighted by molar-refractivity contribution is 5.38. The normalized spacial score (nSPS) is 19.2. The van der Waals surface area contributed by atoms with E-state index < -0.39 is 5.60 Å². The van der Waals surface area contributed by atoms with E-state index in [1.807, 2.05) is 26.0 Å².